The summed E-state index contributed by atoms with van der Waals surface area (Å²) in [6.07, 6.45) is 0.643. The Hall–Kier alpha value is -0.353. The maximum absolute atomic E-state index is 11.6. The number of amides is 1. The molecule has 1 saturated heterocycles. The molecule has 0 saturated carbocycles. The number of carbonyl (C=O) groups excluding carboxylic acids is 1. The first-order chi connectivity index (χ1) is 6.30. The molecule has 0 aliphatic carbocycles. The van der Waals surface area contributed by atoms with Gasteiger partial charge in [-0.1, -0.05) is 20.8 Å². The molecule has 1 aliphatic rings. The van der Waals surface area contributed by atoms with Crippen LogP contribution in [0.15, 0.2) is 0 Å². The molecule has 0 bridgehead atoms. The minimum Gasteiger partial charge on any atom is -0.322 e. The molecule has 0 aromatic rings. The summed E-state index contributed by atoms with van der Waals surface area (Å²) in [6, 6.07) is 0. The van der Waals surface area contributed by atoms with Crippen molar-refractivity contribution in [3.8, 4) is 0 Å². The van der Waals surface area contributed by atoms with Gasteiger partial charge in [-0.2, -0.15) is 0 Å². The molecule has 0 aromatic heterocycles. The van der Waals surface area contributed by atoms with Gasteiger partial charge in [0.05, 0.1) is 6.54 Å². The Morgan fingerprint density at radius 1 is 1.43 bits per heavy atom. The van der Waals surface area contributed by atoms with Crippen LogP contribution < -0.4 is 0 Å². The van der Waals surface area contributed by atoms with Gasteiger partial charge < -0.3 is 4.53 Å². The first-order valence-corrected chi connectivity index (χ1v) is 8.06. The van der Waals surface area contributed by atoms with E-state index in [-0.39, 0.29) is 11.3 Å². The highest BCUT2D eigenvalue weighted by atomic mass is 28.3. The highest BCUT2D eigenvalue weighted by Gasteiger charge is 2.37. The van der Waals surface area contributed by atoms with Gasteiger partial charge in [-0.25, -0.2) is 5.06 Å². The predicted octanol–water partition coefficient (Wildman–Crippen LogP) is 1.80. The van der Waals surface area contributed by atoms with E-state index in [2.05, 4.69) is 33.9 Å². The molecule has 1 amide bonds. The molecule has 1 rings (SSSR count). The highest BCUT2D eigenvalue weighted by molar-refractivity contribution is 6.48. The number of nitrogens with zero attached hydrogens (tertiary/aromatic N) is 1. The lowest BCUT2D eigenvalue weighted by Gasteiger charge is -2.26. The van der Waals surface area contributed by atoms with E-state index in [0.717, 1.165) is 6.54 Å². The van der Waals surface area contributed by atoms with Crippen molar-refractivity contribution in [2.75, 3.05) is 6.54 Å². The second-order valence-electron chi connectivity index (χ2n) is 5.38. The van der Waals surface area contributed by atoms with Crippen LogP contribution in [0, 0.1) is 11.3 Å². The fraction of sp³-hybridized carbons (Fsp3) is 0.900. The Morgan fingerprint density at radius 3 is 2.36 bits per heavy atom. The standard InChI is InChI=1S/C10H21NO2Si/c1-10(2,3)8-6-9(12)11(7-8)13-14(4)5/h8,14H,6-7H2,1-5H3/t8-/m1/s1. The van der Waals surface area contributed by atoms with E-state index in [1.54, 1.807) is 5.06 Å². The normalized spacial score (nSPS) is 23.7. The van der Waals surface area contributed by atoms with Crippen LogP contribution in [0.1, 0.15) is 27.2 Å². The molecule has 1 heterocycles. The zero-order chi connectivity index (χ0) is 10.9. The molecule has 4 heteroatoms. The smallest absolute Gasteiger partial charge is 0.245 e. The average Bonchev–Trinajstić information content (AvgIpc) is 2.30. The van der Waals surface area contributed by atoms with Crippen LogP contribution in [-0.2, 0) is 9.32 Å². The lowest BCUT2D eigenvalue weighted by molar-refractivity contribution is -0.151. The molecule has 0 spiro atoms. The average molecular weight is 215 g/mol. The molecule has 3 nitrogen and oxygen atoms in total. The summed E-state index contributed by atoms with van der Waals surface area (Å²) < 4.78 is 5.57. The molecule has 0 N–H and O–H groups in total. The molecule has 0 aromatic carbocycles. The SMILES string of the molecule is C[SiH](C)ON1C[C@H](C(C)(C)C)CC1=O. The van der Waals surface area contributed by atoms with Crippen molar-refractivity contribution in [2.24, 2.45) is 11.3 Å². The van der Waals surface area contributed by atoms with Crippen molar-refractivity contribution in [1.29, 1.82) is 0 Å². The Kier molecular flexibility index (Phi) is 3.37. The summed E-state index contributed by atoms with van der Waals surface area (Å²) in [5, 5.41) is 1.59. The lowest BCUT2D eigenvalue weighted by atomic mass is 9.80. The van der Waals surface area contributed by atoms with Gasteiger partial charge in [0, 0.05) is 6.42 Å². The number of hydrogen-bond acceptors (Lipinski definition) is 2. The Bertz CT molecular complexity index is 223. The molecule has 0 unspecified atom stereocenters. The summed E-state index contributed by atoms with van der Waals surface area (Å²) in [6.45, 7) is 11.5. The van der Waals surface area contributed by atoms with Crippen molar-refractivity contribution < 1.29 is 9.32 Å². The number of hydrogen-bond donors (Lipinski definition) is 0. The van der Waals surface area contributed by atoms with E-state index >= 15 is 0 Å². The fourth-order valence-corrected chi connectivity index (χ4v) is 2.33. The van der Waals surface area contributed by atoms with Crippen molar-refractivity contribution in [3.05, 3.63) is 0 Å². The summed E-state index contributed by atoms with van der Waals surface area (Å²) >= 11 is 0. The minimum absolute atomic E-state index is 0.158. The van der Waals surface area contributed by atoms with Crippen LogP contribution in [0.2, 0.25) is 13.1 Å². The van der Waals surface area contributed by atoms with E-state index in [9.17, 15) is 4.79 Å². The lowest BCUT2D eigenvalue weighted by Crippen LogP contribution is -2.32. The largest absolute Gasteiger partial charge is 0.322 e. The molecule has 1 fully saturated rings. The third-order valence-corrected chi connectivity index (χ3v) is 3.32. The van der Waals surface area contributed by atoms with E-state index in [1.807, 2.05) is 0 Å². The molecule has 0 radical (unpaired) electrons. The fourth-order valence-electron chi connectivity index (χ4n) is 1.62. The molecule has 1 atom stereocenters. The minimum atomic E-state index is -1.14. The van der Waals surface area contributed by atoms with E-state index in [4.69, 9.17) is 4.53 Å². The second kappa shape index (κ2) is 4.02. The maximum Gasteiger partial charge on any atom is 0.245 e. The van der Waals surface area contributed by atoms with Gasteiger partial charge in [-0.15, -0.1) is 0 Å². The van der Waals surface area contributed by atoms with Crippen LogP contribution in [-0.4, -0.2) is 26.6 Å². The van der Waals surface area contributed by atoms with Crippen molar-refractivity contribution in [1.82, 2.24) is 5.06 Å². The Morgan fingerprint density at radius 2 is 2.00 bits per heavy atom. The quantitative estimate of drug-likeness (QED) is 0.657. The van der Waals surface area contributed by atoms with E-state index in [0.29, 0.717) is 12.3 Å². The molecular weight excluding hydrogens is 194 g/mol. The molecular formula is C10H21NO2Si. The number of rotatable bonds is 2. The van der Waals surface area contributed by atoms with Crippen LogP contribution >= 0.6 is 0 Å². The van der Waals surface area contributed by atoms with Gasteiger partial charge in [0.25, 0.3) is 0 Å². The highest BCUT2D eigenvalue weighted by Crippen LogP contribution is 2.34. The topological polar surface area (TPSA) is 29.5 Å². The van der Waals surface area contributed by atoms with Gasteiger partial charge in [-0.3, -0.25) is 4.79 Å². The molecule has 82 valence electrons. The van der Waals surface area contributed by atoms with Gasteiger partial charge >= 0.3 is 0 Å². The van der Waals surface area contributed by atoms with Crippen molar-refractivity contribution in [2.45, 2.75) is 40.3 Å². The van der Waals surface area contributed by atoms with Crippen LogP contribution in [0.25, 0.3) is 0 Å². The first kappa shape index (κ1) is 11.7. The Balaban J connectivity index is 2.56. The maximum atomic E-state index is 11.6. The summed E-state index contributed by atoms with van der Waals surface area (Å²) in [4.78, 5) is 11.6. The van der Waals surface area contributed by atoms with E-state index in [1.165, 1.54) is 0 Å². The van der Waals surface area contributed by atoms with Crippen molar-refractivity contribution >= 4 is 14.9 Å². The zero-order valence-electron chi connectivity index (χ0n) is 9.83. The summed E-state index contributed by atoms with van der Waals surface area (Å²) in [5.74, 6) is 0.592. The van der Waals surface area contributed by atoms with Gasteiger partial charge in [0.15, 0.2) is 0 Å². The van der Waals surface area contributed by atoms with Crippen LogP contribution in [0.5, 0.6) is 0 Å². The Labute approximate surface area is 88.1 Å². The van der Waals surface area contributed by atoms with Gasteiger partial charge in [0.2, 0.25) is 14.9 Å². The van der Waals surface area contributed by atoms with Gasteiger partial charge in [-0.05, 0) is 24.4 Å². The number of hydroxylamine groups is 2. The monoisotopic (exact) mass is 215 g/mol. The molecule has 14 heavy (non-hydrogen) atoms. The molecule has 1 aliphatic heterocycles. The summed E-state index contributed by atoms with van der Waals surface area (Å²) in [7, 11) is -1.14. The third-order valence-electron chi connectivity index (χ3n) is 2.65. The van der Waals surface area contributed by atoms with Crippen molar-refractivity contribution in [3.63, 3.8) is 0 Å². The van der Waals surface area contributed by atoms with Gasteiger partial charge in [0.1, 0.15) is 0 Å². The number of carbonyl (C=O) groups is 1. The first-order valence-electron chi connectivity index (χ1n) is 5.28. The summed E-state index contributed by atoms with van der Waals surface area (Å²) in [5.41, 5.74) is 0.201. The second-order valence-corrected chi connectivity index (χ2v) is 7.68. The van der Waals surface area contributed by atoms with Crippen LogP contribution in [0.3, 0.4) is 0 Å². The van der Waals surface area contributed by atoms with Crippen LogP contribution in [0.4, 0.5) is 0 Å². The zero-order valence-corrected chi connectivity index (χ0v) is 11.0. The third kappa shape index (κ3) is 2.82. The predicted molar refractivity (Wildman–Crippen MR) is 59.2 cm³/mol. The van der Waals surface area contributed by atoms with E-state index < -0.39 is 9.04 Å².